The lowest BCUT2D eigenvalue weighted by Gasteiger charge is -2.24. The molecule has 0 radical (unpaired) electrons. The van der Waals surface area contributed by atoms with Crippen molar-refractivity contribution >= 4 is 19.8 Å². The molecule has 0 spiro atoms. The number of nitrogens with zero attached hydrogens (tertiary/aromatic N) is 1. The van der Waals surface area contributed by atoms with Crippen molar-refractivity contribution in [3.05, 3.63) is 182 Å². The number of allylic oxidation sites excluding steroid dienone is 30. The van der Waals surface area contributed by atoms with Crippen LogP contribution < -0.4 is 0 Å². The molecule has 0 saturated heterocycles. The quantitative estimate of drug-likeness (QED) is 0.0211. The molecule has 1 N–H and O–H groups in total. The van der Waals surface area contributed by atoms with Gasteiger partial charge in [-0.2, -0.15) is 0 Å². The zero-order chi connectivity index (χ0) is 76.8. The van der Waals surface area contributed by atoms with Gasteiger partial charge in [-0.1, -0.05) is 395 Å². The lowest BCUT2D eigenvalue weighted by Crippen LogP contribution is -2.37. The predicted octanol–water partition coefficient (Wildman–Crippen LogP) is 29.7. The number of carbonyl (C=O) groups is 2. The second kappa shape index (κ2) is 84.1. The molecular weight excluding hydrogens is 1330 g/mol. The summed E-state index contributed by atoms with van der Waals surface area (Å²) < 4.78 is 34.8. The van der Waals surface area contributed by atoms with Crippen LogP contribution in [0.2, 0.25) is 0 Å². The number of hydrogen-bond donors (Lipinski definition) is 1. The first-order chi connectivity index (χ1) is 52.0. The molecule has 106 heavy (non-hydrogen) atoms. The molecule has 0 amide bonds. The molecule has 10 heteroatoms. The average Bonchev–Trinajstić information content (AvgIpc) is 0.908. The third-order valence-corrected chi connectivity index (χ3v) is 19.4. The van der Waals surface area contributed by atoms with Gasteiger partial charge in [0, 0.05) is 12.8 Å². The highest BCUT2D eigenvalue weighted by molar-refractivity contribution is 7.47. The number of likely N-dealkylation sites (N-methyl/N-ethyl adjacent to an activating group) is 1. The van der Waals surface area contributed by atoms with Crippen molar-refractivity contribution in [2.75, 3.05) is 47.5 Å². The molecule has 0 bridgehead atoms. The molecule has 0 rings (SSSR count). The third-order valence-electron chi connectivity index (χ3n) is 18.4. The predicted molar refractivity (Wildman–Crippen MR) is 463 cm³/mol. The maximum Gasteiger partial charge on any atom is 0.472 e. The van der Waals surface area contributed by atoms with Crippen LogP contribution in [0.25, 0.3) is 0 Å². The van der Waals surface area contributed by atoms with E-state index in [1.807, 2.05) is 21.1 Å². The normalized spacial score (nSPS) is 13.9. The van der Waals surface area contributed by atoms with E-state index in [4.69, 9.17) is 18.5 Å². The third kappa shape index (κ3) is 88.0. The fourth-order valence-electron chi connectivity index (χ4n) is 11.9. The number of unbranched alkanes of at least 4 members (excludes halogenated alkanes) is 35. The van der Waals surface area contributed by atoms with E-state index in [9.17, 15) is 19.0 Å². The number of ether oxygens (including phenoxy) is 2. The fraction of sp³-hybridized carbons (Fsp3) is 0.667. The molecule has 0 aliphatic rings. The second-order valence-corrected chi connectivity index (χ2v) is 31.3. The Morgan fingerprint density at radius 2 is 0.509 bits per heavy atom. The van der Waals surface area contributed by atoms with Crippen LogP contribution in [-0.4, -0.2) is 74.9 Å². The Labute approximate surface area is 654 Å². The lowest BCUT2D eigenvalue weighted by molar-refractivity contribution is -0.870. The highest BCUT2D eigenvalue weighted by Crippen LogP contribution is 2.43. The molecule has 0 fully saturated rings. The molecule has 0 heterocycles. The Morgan fingerprint density at radius 3 is 0.755 bits per heavy atom. The van der Waals surface area contributed by atoms with Crippen LogP contribution >= 0.6 is 7.82 Å². The first kappa shape index (κ1) is 101. The summed E-state index contributed by atoms with van der Waals surface area (Å²) in [4.78, 5) is 36.0. The summed E-state index contributed by atoms with van der Waals surface area (Å²) in [5, 5.41) is 0. The monoisotopic (exact) mass is 1490 g/mol. The van der Waals surface area contributed by atoms with Crippen LogP contribution in [0.1, 0.15) is 361 Å². The summed E-state index contributed by atoms with van der Waals surface area (Å²) in [6.45, 7) is 4.21. The van der Waals surface area contributed by atoms with Crippen molar-refractivity contribution in [2.45, 2.75) is 367 Å². The summed E-state index contributed by atoms with van der Waals surface area (Å²) in [6.07, 6.45) is 129. The van der Waals surface area contributed by atoms with Crippen LogP contribution in [0.4, 0.5) is 0 Å². The van der Waals surface area contributed by atoms with E-state index >= 15 is 0 Å². The maximum atomic E-state index is 12.9. The summed E-state index contributed by atoms with van der Waals surface area (Å²) in [5.74, 6) is -0.806. The SMILES string of the molecule is CC/C=C\C/C=C\C/C=C\C/C=C\C/C=C\C/C=C\C/C=C\C/C=C\C/C=C\C/C=C\C/C=C\CCCCCCCCCC(=O)OC(COC(=O)CCCCCCCCCCCCCCCCCCCCCCCCCCCCCC/C=C\C/C=C\C/C=C\C/C=C\CC)COP(=O)(O)OCC[N+](C)(C)C. The van der Waals surface area contributed by atoms with Gasteiger partial charge in [-0.15, -0.1) is 0 Å². The summed E-state index contributed by atoms with van der Waals surface area (Å²) in [5.41, 5.74) is 0. The molecular formula is C96H163NO8P+. The smallest absolute Gasteiger partial charge is 0.462 e. The summed E-state index contributed by atoms with van der Waals surface area (Å²) in [7, 11) is 1.46. The Bertz CT molecular complexity index is 2460. The van der Waals surface area contributed by atoms with E-state index in [0.29, 0.717) is 17.4 Å². The summed E-state index contributed by atoms with van der Waals surface area (Å²) >= 11 is 0. The Hall–Kier alpha value is -4.89. The van der Waals surface area contributed by atoms with Gasteiger partial charge in [0.05, 0.1) is 27.7 Å². The van der Waals surface area contributed by atoms with Crippen molar-refractivity contribution in [1.82, 2.24) is 0 Å². The first-order valence-corrected chi connectivity index (χ1v) is 45.0. The second-order valence-electron chi connectivity index (χ2n) is 29.8. The Kier molecular flexibility index (Phi) is 80.3. The number of phosphoric acid groups is 1. The summed E-state index contributed by atoms with van der Waals surface area (Å²) in [6, 6.07) is 0. The van der Waals surface area contributed by atoms with Gasteiger partial charge in [0.15, 0.2) is 6.10 Å². The van der Waals surface area contributed by atoms with Crippen LogP contribution in [0, 0.1) is 0 Å². The van der Waals surface area contributed by atoms with Crippen LogP contribution in [0.3, 0.4) is 0 Å². The molecule has 604 valence electrons. The lowest BCUT2D eigenvalue weighted by atomic mass is 10.0. The highest BCUT2D eigenvalue weighted by Gasteiger charge is 2.27. The van der Waals surface area contributed by atoms with E-state index in [1.54, 1.807) is 0 Å². The Morgan fingerprint density at radius 1 is 0.292 bits per heavy atom. The van der Waals surface area contributed by atoms with E-state index in [2.05, 4.69) is 196 Å². The highest BCUT2D eigenvalue weighted by atomic mass is 31.2. The van der Waals surface area contributed by atoms with E-state index in [0.717, 1.165) is 141 Å². The average molecular weight is 1490 g/mol. The van der Waals surface area contributed by atoms with Crippen LogP contribution in [0.5, 0.6) is 0 Å². The molecule has 0 aromatic carbocycles. The van der Waals surface area contributed by atoms with Crippen LogP contribution in [-0.2, 0) is 32.7 Å². The zero-order valence-corrected chi connectivity index (χ0v) is 70.0. The van der Waals surface area contributed by atoms with Crippen molar-refractivity contribution in [2.24, 2.45) is 0 Å². The van der Waals surface area contributed by atoms with Gasteiger partial charge in [-0.05, 0) is 135 Å². The van der Waals surface area contributed by atoms with Crippen molar-refractivity contribution < 1.29 is 42.1 Å². The number of phosphoric ester groups is 1. The van der Waals surface area contributed by atoms with Crippen molar-refractivity contribution in [1.29, 1.82) is 0 Å². The molecule has 0 aliphatic carbocycles. The number of carbonyl (C=O) groups excluding carboxylic acids is 2. The first-order valence-electron chi connectivity index (χ1n) is 43.5. The van der Waals surface area contributed by atoms with Gasteiger partial charge in [-0.3, -0.25) is 18.6 Å². The maximum absolute atomic E-state index is 12.9. The molecule has 0 saturated carbocycles. The molecule has 9 nitrogen and oxygen atoms in total. The van der Waals surface area contributed by atoms with E-state index in [-0.39, 0.29) is 32.0 Å². The largest absolute Gasteiger partial charge is 0.472 e. The molecule has 2 unspecified atom stereocenters. The number of rotatable bonds is 79. The van der Waals surface area contributed by atoms with Gasteiger partial charge in [0.1, 0.15) is 19.8 Å². The van der Waals surface area contributed by atoms with Crippen molar-refractivity contribution in [3.8, 4) is 0 Å². The van der Waals surface area contributed by atoms with Gasteiger partial charge < -0.3 is 18.9 Å². The molecule has 0 aromatic heterocycles. The number of quaternary nitrogens is 1. The topological polar surface area (TPSA) is 108 Å². The standard InChI is InChI=1S/C96H162NO8P/c1-6-8-10-12-14-16-18-20-22-24-26-28-30-32-34-36-38-40-42-44-46-48-50-52-54-56-58-60-62-64-66-68-70-72-74-76-78-80-82-84-86-88-95(98)102-92-94(93-104-106(100,101)103-91-90-97(3,4)5)105-96(99)89-87-85-83-81-79-77-75-73-71-69-67-65-63-61-59-57-55-53-51-49-47-45-43-41-39-37-35-33-31-29-27-25-23-21-19-17-15-13-11-9-7-2/h8-11,14-17,20-23,26-29,33,35,39,41,45,47,51,53,57,59,63,65,69,71,94H,6-7,12-13,18-19,24-25,30-32,34,36-38,40,42-44,46,48-50,52,54-56,58,60-62,64,66-68,70,72-93H2,1-5H3/p+1/b10-8-,11-9-,16-14-,17-15-,22-20-,23-21-,28-26-,29-27-,35-33-,41-39-,47-45-,53-51-,59-57-,65-63-,71-69-. The minimum Gasteiger partial charge on any atom is -0.462 e. The Balaban J connectivity index is 3.99. The molecule has 0 aliphatic heterocycles. The minimum absolute atomic E-state index is 0.0231. The van der Waals surface area contributed by atoms with Gasteiger partial charge in [0.2, 0.25) is 0 Å². The zero-order valence-electron chi connectivity index (χ0n) is 69.1. The van der Waals surface area contributed by atoms with E-state index < -0.39 is 26.5 Å². The minimum atomic E-state index is -4.41. The van der Waals surface area contributed by atoms with Gasteiger partial charge >= 0.3 is 19.8 Å². The van der Waals surface area contributed by atoms with Crippen LogP contribution in [0.15, 0.2) is 182 Å². The molecule has 0 aromatic rings. The van der Waals surface area contributed by atoms with Gasteiger partial charge in [-0.25, -0.2) is 4.57 Å². The fourth-order valence-corrected chi connectivity index (χ4v) is 12.6. The molecule has 2 atom stereocenters. The van der Waals surface area contributed by atoms with E-state index in [1.165, 1.54) is 186 Å². The van der Waals surface area contributed by atoms with Gasteiger partial charge in [0.25, 0.3) is 0 Å². The van der Waals surface area contributed by atoms with Crippen molar-refractivity contribution in [3.63, 3.8) is 0 Å². The number of esters is 2. The number of hydrogen-bond acceptors (Lipinski definition) is 7.